The molecule has 1 aliphatic carbocycles. The zero-order valence-electron chi connectivity index (χ0n) is 19.6. The second kappa shape index (κ2) is 10.2. The lowest BCUT2D eigenvalue weighted by atomic mass is 9.73. The van der Waals surface area contributed by atoms with Crippen LogP contribution in [0.15, 0.2) is 24.4 Å². The van der Waals surface area contributed by atoms with E-state index in [1.54, 1.807) is 6.20 Å². The van der Waals surface area contributed by atoms with Crippen LogP contribution in [0.1, 0.15) is 77.2 Å². The van der Waals surface area contributed by atoms with Crippen LogP contribution in [-0.2, 0) is 6.42 Å². The molecule has 0 unspecified atom stereocenters. The number of pyridine rings is 1. The predicted molar refractivity (Wildman–Crippen MR) is 131 cm³/mol. The lowest BCUT2D eigenvalue weighted by molar-refractivity contribution is 0.129. The third-order valence-corrected chi connectivity index (χ3v) is 7.97. The summed E-state index contributed by atoms with van der Waals surface area (Å²) in [5.41, 5.74) is 3.67. The minimum absolute atomic E-state index is 0.256. The highest BCUT2D eigenvalue weighted by Gasteiger charge is 2.28. The highest BCUT2D eigenvalue weighted by molar-refractivity contribution is 5.94. The van der Waals surface area contributed by atoms with Gasteiger partial charge in [-0.2, -0.15) is 0 Å². The molecule has 4 nitrogen and oxygen atoms in total. The fourth-order valence-corrected chi connectivity index (χ4v) is 5.62. The first-order valence-corrected chi connectivity index (χ1v) is 12.6. The molecular formula is C27H41N3O. The van der Waals surface area contributed by atoms with Crippen LogP contribution >= 0.6 is 0 Å². The third-order valence-electron chi connectivity index (χ3n) is 7.97. The minimum Gasteiger partial charge on any atom is -0.504 e. The zero-order valence-corrected chi connectivity index (χ0v) is 19.6. The van der Waals surface area contributed by atoms with E-state index < -0.39 is 0 Å². The molecule has 1 aromatic heterocycles. The number of fused-ring (bicyclic) bond motifs is 1. The minimum atomic E-state index is 0.256. The van der Waals surface area contributed by atoms with Gasteiger partial charge in [-0.1, -0.05) is 39.2 Å². The molecule has 0 spiro atoms. The van der Waals surface area contributed by atoms with Crippen molar-refractivity contribution < 1.29 is 5.11 Å². The SMILES string of the molecule is CCc1ccc2ncc(O)c(NCCC3CCN(CCC4(C)CCCCC4)CC3)c2c1. The summed E-state index contributed by atoms with van der Waals surface area (Å²) in [6, 6.07) is 6.34. The number of hydrogen-bond acceptors (Lipinski definition) is 4. The smallest absolute Gasteiger partial charge is 0.157 e. The Morgan fingerprint density at radius 2 is 1.94 bits per heavy atom. The van der Waals surface area contributed by atoms with Crippen LogP contribution in [0.25, 0.3) is 10.9 Å². The molecule has 2 aromatic rings. The van der Waals surface area contributed by atoms with Gasteiger partial charge in [0.15, 0.2) is 5.75 Å². The van der Waals surface area contributed by atoms with E-state index >= 15 is 0 Å². The van der Waals surface area contributed by atoms with Crippen molar-refractivity contribution in [2.24, 2.45) is 11.3 Å². The van der Waals surface area contributed by atoms with Crippen LogP contribution < -0.4 is 5.32 Å². The van der Waals surface area contributed by atoms with Crippen molar-refractivity contribution in [3.63, 3.8) is 0 Å². The Morgan fingerprint density at radius 1 is 1.16 bits per heavy atom. The van der Waals surface area contributed by atoms with Gasteiger partial charge < -0.3 is 15.3 Å². The molecule has 0 bridgehead atoms. The van der Waals surface area contributed by atoms with E-state index in [1.807, 2.05) is 0 Å². The van der Waals surface area contributed by atoms with Crippen molar-refractivity contribution >= 4 is 16.6 Å². The highest BCUT2D eigenvalue weighted by atomic mass is 16.3. The number of benzene rings is 1. The van der Waals surface area contributed by atoms with Crippen molar-refractivity contribution in [1.82, 2.24) is 9.88 Å². The van der Waals surface area contributed by atoms with Gasteiger partial charge in [0.05, 0.1) is 17.4 Å². The van der Waals surface area contributed by atoms with E-state index in [2.05, 4.69) is 47.2 Å². The van der Waals surface area contributed by atoms with Crippen molar-refractivity contribution in [3.8, 4) is 5.75 Å². The number of aryl methyl sites for hydroxylation is 1. The maximum Gasteiger partial charge on any atom is 0.157 e. The Labute approximate surface area is 188 Å². The molecule has 31 heavy (non-hydrogen) atoms. The Morgan fingerprint density at radius 3 is 2.68 bits per heavy atom. The summed E-state index contributed by atoms with van der Waals surface area (Å²) in [5.74, 6) is 1.04. The molecule has 0 amide bonds. The summed E-state index contributed by atoms with van der Waals surface area (Å²) < 4.78 is 0. The molecule has 2 aliphatic rings. The van der Waals surface area contributed by atoms with Crippen LogP contribution in [0.5, 0.6) is 5.75 Å². The Balaban J connectivity index is 1.24. The Bertz CT molecular complexity index is 851. The lowest BCUT2D eigenvalue weighted by Crippen LogP contribution is -2.37. The second-order valence-corrected chi connectivity index (χ2v) is 10.3. The van der Waals surface area contributed by atoms with Crippen LogP contribution in [-0.4, -0.2) is 41.2 Å². The number of likely N-dealkylation sites (tertiary alicyclic amines) is 1. The number of nitrogens with zero attached hydrogens (tertiary/aromatic N) is 2. The molecule has 2 N–H and O–H groups in total. The number of nitrogens with one attached hydrogen (secondary N) is 1. The van der Waals surface area contributed by atoms with Crippen molar-refractivity contribution in [1.29, 1.82) is 0 Å². The molecule has 4 heteroatoms. The normalized spacial score (nSPS) is 20.2. The quantitative estimate of drug-likeness (QED) is 0.517. The standard InChI is InChI=1S/C27H41N3O/c1-3-21-7-8-24-23(19-21)26(25(31)20-29-24)28-15-9-22-10-16-30(17-11-22)18-14-27(2)12-5-4-6-13-27/h7-8,19-20,22,31H,3-6,9-18H2,1-2H3,(H,28,29). The topological polar surface area (TPSA) is 48.4 Å². The van der Waals surface area contributed by atoms with Crippen molar-refractivity contribution in [3.05, 3.63) is 30.0 Å². The van der Waals surface area contributed by atoms with E-state index in [0.717, 1.165) is 35.5 Å². The van der Waals surface area contributed by atoms with Gasteiger partial charge in [0.2, 0.25) is 0 Å². The van der Waals surface area contributed by atoms with Gasteiger partial charge in [0.25, 0.3) is 0 Å². The van der Waals surface area contributed by atoms with Gasteiger partial charge in [-0.3, -0.25) is 4.98 Å². The summed E-state index contributed by atoms with van der Waals surface area (Å²) in [6.07, 6.45) is 14.9. The molecule has 1 aromatic carbocycles. The number of aromatic hydroxyl groups is 1. The molecule has 1 saturated carbocycles. The molecule has 0 atom stereocenters. The van der Waals surface area contributed by atoms with Crippen LogP contribution in [0.4, 0.5) is 5.69 Å². The van der Waals surface area contributed by atoms with Gasteiger partial charge >= 0.3 is 0 Å². The summed E-state index contributed by atoms with van der Waals surface area (Å²) in [7, 11) is 0. The number of aromatic nitrogens is 1. The maximum atomic E-state index is 10.4. The van der Waals surface area contributed by atoms with Crippen LogP contribution in [0, 0.1) is 11.3 Å². The monoisotopic (exact) mass is 423 g/mol. The van der Waals surface area contributed by atoms with Crippen LogP contribution in [0.2, 0.25) is 0 Å². The first-order chi connectivity index (χ1) is 15.1. The third kappa shape index (κ3) is 5.71. The maximum absolute atomic E-state index is 10.4. The average molecular weight is 424 g/mol. The van der Waals surface area contributed by atoms with Gasteiger partial charge in [-0.05, 0) is 93.6 Å². The number of hydrogen-bond donors (Lipinski definition) is 2. The van der Waals surface area contributed by atoms with E-state index in [0.29, 0.717) is 5.41 Å². The zero-order chi connectivity index (χ0) is 21.7. The van der Waals surface area contributed by atoms with E-state index in [1.165, 1.54) is 83.0 Å². The summed E-state index contributed by atoms with van der Waals surface area (Å²) in [4.78, 5) is 7.09. The molecule has 4 rings (SSSR count). The fourth-order valence-electron chi connectivity index (χ4n) is 5.62. The van der Waals surface area contributed by atoms with E-state index in [4.69, 9.17) is 0 Å². The number of piperidine rings is 1. The molecule has 170 valence electrons. The summed E-state index contributed by atoms with van der Waals surface area (Å²) >= 11 is 0. The van der Waals surface area contributed by atoms with Crippen LogP contribution in [0.3, 0.4) is 0 Å². The summed E-state index contributed by atoms with van der Waals surface area (Å²) in [6.45, 7) is 9.39. The number of rotatable bonds is 8. The summed E-state index contributed by atoms with van der Waals surface area (Å²) in [5, 5.41) is 15.0. The van der Waals surface area contributed by atoms with Gasteiger partial charge in [0.1, 0.15) is 0 Å². The van der Waals surface area contributed by atoms with Gasteiger partial charge in [-0.15, -0.1) is 0 Å². The van der Waals surface area contributed by atoms with Crippen molar-refractivity contribution in [2.75, 3.05) is 31.5 Å². The Hall–Kier alpha value is -1.81. The van der Waals surface area contributed by atoms with Gasteiger partial charge in [0, 0.05) is 11.9 Å². The highest BCUT2D eigenvalue weighted by Crippen LogP contribution is 2.39. The second-order valence-electron chi connectivity index (χ2n) is 10.3. The average Bonchev–Trinajstić information content (AvgIpc) is 2.80. The first-order valence-electron chi connectivity index (χ1n) is 12.6. The lowest BCUT2D eigenvalue weighted by Gasteiger charge is -2.38. The molecule has 2 fully saturated rings. The van der Waals surface area contributed by atoms with E-state index in [-0.39, 0.29) is 5.75 Å². The predicted octanol–water partition coefficient (Wildman–Crippen LogP) is 6.38. The molecular weight excluding hydrogens is 382 g/mol. The molecule has 2 heterocycles. The first kappa shape index (κ1) is 22.4. The van der Waals surface area contributed by atoms with Crippen molar-refractivity contribution in [2.45, 2.75) is 78.1 Å². The van der Waals surface area contributed by atoms with E-state index in [9.17, 15) is 5.11 Å². The molecule has 1 saturated heterocycles. The molecule has 0 radical (unpaired) electrons. The fraction of sp³-hybridized carbons (Fsp3) is 0.667. The molecule has 1 aliphatic heterocycles. The number of anilines is 1. The largest absolute Gasteiger partial charge is 0.504 e. The van der Waals surface area contributed by atoms with Gasteiger partial charge in [-0.25, -0.2) is 0 Å². The Kier molecular flexibility index (Phi) is 7.37.